The predicted octanol–water partition coefficient (Wildman–Crippen LogP) is 13.7. The Kier molecular flexibility index (Phi) is 9.88. The van der Waals surface area contributed by atoms with Gasteiger partial charge in [0.05, 0.1) is 11.4 Å². The van der Waals surface area contributed by atoms with Crippen LogP contribution in [0.25, 0.3) is 101 Å². The van der Waals surface area contributed by atoms with Gasteiger partial charge in [-0.3, -0.25) is 0 Å². The second-order valence-corrected chi connectivity index (χ2v) is 14.5. The number of hydrogen-bond donors (Lipinski definition) is 0. The van der Waals surface area contributed by atoms with Crippen molar-refractivity contribution in [2.75, 3.05) is 0 Å². The Labute approximate surface area is 349 Å². The molecule has 10 aromatic rings. The SMILES string of the molecule is c1ccc(-c2nc(-c3ccc(-c4ccccc4-c4ccccc4)cc3)cc(-c3cccc(-c4cccc(-c5nc(-c6ccccc6)nc(-c6ccccc6)n5)c4)c3)n2)cc1. The Hall–Kier alpha value is -8.15. The van der Waals surface area contributed by atoms with E-state index in [0.29, 0.717) is 23.3 Å². The summed E-state index contributed by atoms with van der Waals surface area (Å²) in [5, 5.41) is 0. The molecule has 0 unspecified atom stereocenters. The number of benzene rings is 8. The highest BCUT2D eigenvalue weighted by Gasteiger charge is 2.15. The van der Waals surface area contributed by atoms with E-state index >= 15 is 0 Å². The molecule has 10 rings (SSSR count). The molecule has 2 aromatic heterocycles. The Morgan fingerprint density at radius 1 is 0.183 bits per heavy atom. The first-order valence-corrected chi connectivity index (χ1v) is 20.0. The molecule has 0 N–H and O–H groups in total. The molecule has 0 saturated heterocycles. The van der Waals surface area contributed by atoms with Gasteiger partial charge in [-0.2, -0.15) is 0 Å². The molecule has 0 atom stereocenters. The Bertz CT molecular complexity index is 3000. The maximum absolute atomic E-state index is 5.15. The maximum atomic E-state index is 5.15. The van der Waals surface area contributed by atoms with Crippen molar-refractivity contribution in [3.8, 4) is 101 Å². The van der Waals surface area contributed by atoms with E-state index in [1.807, 2.05) is 78.9 Å². The number of nitrogens with zero attached hydrogens (tertiary/aromatic N) is 5. The fraction of sp³-hybridized carbons (Fsp3) is 0. The van der Waals surface area contributed by atoms with Crippen LogP contribution in [0, 0.1) is 0 Å². The molecule has 0 fully saturated rings. The average molecular weight is 768 g/mol. The van der Waals surface area contributed by atoms with Crippen molar-refractivity contribution in [1.82, 2.24) is 24.9 Å². The molecule has 0 saturated carbocycles. The molecule has 60 heavy (non-hydrogen) atoms. The number of rotatable bonds is 9. The van der Waals surface area contributed by atoms with E-state index < -0.39 is 0 Å². The normalized spacial score (nSPS) is 11.0. The quantitative estimate of drug-likeness (QED) is 0.146. The summed E-state index contributed by atoms with van der Waals surface area (Å²) in [6, 6.07) is 77.1. The van der Waals surface area contributed by atoms with Gasteiger partial charge in [0.2, 0.25) is 0 Å². The molecular formula is C55H37N5. The molecule has 0 aliphatic rings. The van der Waals surface area contributed by atoms with E-state index in [9.17, 15) is 0 Å². The topological polar surface area (TPSA) is 64.5 Å². The molecule has 8 aromatic carbocycles. The third kappa shape index (κ3) is 7.63. The lowest BCUT2D eigenvalue weighted by Crippen LogP contribution is -2.00. The van der Waals surface area contributed by atoms with Gasteiger partial charge in [0.25, 0.3) is 0 Å². The summed E-state index contributed by atoms with van der Waals surface area (Å²) in [6.45, 7) is 0. The van der Waals surface area contributed by atoms with Gasteiger partial charge in [-0.1, -0.05) is 206 Å². The van der Waals surface area contributed by atoms with E-state index in [1.165, 1.54) is 16.7 Å². The molecule has 0 spiro atoms. The van der Waals surface area contributed by atoms with Crippen LogP contribution in [-0.2, 0) is 0 Å². The standard InChI is InChI=1S/C55H37N5/c1-5-17-38(18-6-1)48-29-13-14-30-49(48)39-31-33-40(34-32-39)50-37-51(57-52(56-50)41-19-7-2-8-20-41)46-27-15-25-44(35-46)45-26-16-28-47(36-45)55-59-53(42-21-9-3-10-22-42)58-54(60-55)43-23-11-4-12-24-43/h1-37H. The van der Waals surface area contributed by atoms with Crippen LogP contribution in [0.4, 0.5) is 0 Å². The Morgan fingerprint density at radius 3 is 1.00 bits per heavy atom. The summed E-state index contributed by atoms with van der Waals surface area (Å²) in [6.07, 6.45) is 0. The van der Waals surface area contributed by atoms with Crippen LogP contribution in [0.3, 0.4) is 0 Å². The fourth-order valence-corrected chi connectivity index (χ4v) is 7.52. The van der Waals surface area contributed by atoms with Crippen molar-refractivity contribution in [2.24, 2.45) is 0 Å². The molecule has 282 valence electrons. The molecule has 5 heteroatoms. The van der Waals surface area contributed by atoms with Gasteiger partial charge in [0.15, 0.2) is 23.3 Å². The summed E-state index contributed by atoms with van der Waals surface area (Å²) in [5.74, 6) is 2.55. The molecule has 2 heterocycles. The van der Waals surface area contributed by atoms with Gasteiger partial charge in [-0.05, 0) is 51.6 Å². The van der Waals surface area contributed by atoms with Crippen LogP contribution in [0.1, 0.15) is 0 Å². The fourth-order valence-electron chi connectivity index (χ4n) is 7.52. The molecule has 0 radical (unpaired) electrons. The van der Waals surface area contributed by atoms with Crippen LogP contribution < -0.4 is 0 Å². The zero-order valence-electron chi connectivity index (χ0n) is 32.6. The zero-order valence-corrected chi connectivity index (χ0v) is 32.6. The molecule has 5 nitrogen and oxygen atoms in total. The predicted molar refractivity (Wildman–Crippen MR) is 244 cm³/mol. The van der Waals surface area contributed by atoms with Crippen LogP contribution in [0.15, 0.2) is 224 Å². The van der Waals surface area contributed by atoms with Gasteiger partial charge < -0.3 is 0 Å². The van der Waals surface area contributed by atoms with Crippen molar-refractivity contribution in [1.29, 1.82) is 0 Å². The third-order valence-electron chi connectivity index (χ3n) is 10.6. The zero-order chi connectivity index (χ0) is 40.1. The van der Waals surface area contributed by atoms with Crippen molar-refractivity contribution in [3.63, 3.8) is 0 Å². The minimum Gasteiger partial charge on any atom is -0.228 e. The first-order chi connectivity index (χ1) is 29.7. The summed E-state index contributed by atoms with van der Waals surface area (Å²) >= 11 is 0. The maximum Gasteiger partial charge on any atom is 0.164 e. The van der Waals surface area contributed by atoms with Crippen molar-refractivity contribution < 1.29 is 0 Å². The van der Waals surface area contributed by atoms with Crippen molar-refractivity contribution in [3.05, 3.63) is 224 Å². The van der Waals surface area contributed by atoms with Crippen molar-refractivity contribution >= 4 is 0 Å². The van der Waals surface area contributed by atoms with Gasteiger partial charge in [0, 0.05) is 33.4 Å². The lowest BCUT2D eigenvalue weighted by molar-refractivity contribution is 1.07. The molecule has 0 aliphatic carbocycles. The van der Waals surface area contributed by atoms with Crippen LogP contribution >= 0.6 is 0 Å². The summed E-state index contributed by atoms with van der Waals surface area (Å²) < 4.78 is 0. The summed E-state index contributed by atoms with van der Waals surface area (Å²) in [4.78, 5) is 25.1. The van der Waals surface area contributed by atoms with Gasteiger partial charge in [-0.15, -0.1) is 0 Å². The Balaban J connectivity index is 1.02. The van der Waals surface area contributed by atoms with Gasteiger partial charge in [-0.25, -0.2) is 24.9 Å². The van der Waals surface area contributed by atoms with E-state index in [0.717, 1.165) is 61.5 Å². The molecule has 0 bridgehead atoms. The van der Waals surface area contributed by atoms with Crippen LogP contribution in [-0.4, -0.2) is 24.9 Å². The molecule has 0 amide bonds. The summed E-state index contributed by atoms with van der Waals surface area (Å²) in [7, 11) is 0. The second-order valence-electron chi connectivity index (χ2n) is 14.5. The minimum absolute atomic E-state index is 0.614. The second kappa shape index (κ2) is 16.4. The first kappa shape index (κ1) is 36.2. The lowest BCUT2D eigenvalue weighted by Gasteiger charge is -2.13. The van der Waals surface area contributed by atoms with E-state index in [2.05, 4.69) is 146 Å². The summed E-state index contributed by atoms with van der Waals surface area (Å²) in [5.41, 5.74) is 14.3. The van der Waals surface area contributed by atoms with E-state index in [4.69, 9.17) is 24.9 Å². The van der Waals surface area contributed by atoms with Gasteiger partial charge >= 0.3 is 0 Å². The first-order valence-electron chi connectivity index (χ1n) is 20.0. The highest BCUT2D eigenvalue weighted by atomic mass is 15.0. The molecular weight excluding hydrogens is 731 g/mol. The molecule has 0 aliphatic heterocycles. The third-order valence-corrected chi connectivity index (χ3v) is 10.6. The smallest absolute Gasteiger partial charge is 0.164 e. The highest BCUT2D eigenvalue weighted by Crippen LogP contribution is 2.35. The van der Waals surface area contributed by atoms with E-state index in [-0.39, 0.29) is 0 Å². The van der Waals surface area contributed by atoms with E-state index in [1.54, 1.807) is 0 Å². The Morgan fingerprint density at radius 2 is 0.500 bits per heavy atom. The average Bonchev–Trinajstić information content (AvgIpc) is 3.35. The van der Waals surface area contributed by atoms with Gasteiger partial charge in [0.1, 0.15) is 0 Å². The number of hydrogen-bond acceptors (Lipinski definition) is 5. The van der Waals surface area contributed by atoms with Crippen molar-refractivity contribution in [2.45, 2.75) is 0 Å². The monoisotopic (exact) mass is 767 g/mol. The van der Waals surface area contributed by atoms with Crippen LogP contribution in [0.2, 0.25) is 0 Å². The largest absolute Gasteiger partial charge is 0.228 e. The number of aromatic nitrogens is 5. The van der Waals surface area contributed by atoms with Crippen LogP contribution in [0.5, 0.6) is 0 Å². The lowest BCUT2D eigenvalue weighted by atomic mass is 9.94. The minimum atomic E-state index is 0.614. The highest BCUT2D eigenvalue weighted by molar-refractivity contribution is 5.85.